The third-order valence-electron chi connectivity index (χ3n) is 5.20. The van der Waals surface area contributed by atoms with Gasteiger partial charge in [0.2, 0.25) is 5.91 Å². The smallest absolute Gasteiger partial charge is 0.325 e. The summed E-state index contributed by atoms with van der Waals surface area (Å²) in [6.45, 7) is 1.01. The fourth-order valence-corrected chi connectivity index (χ4v) is 3.52. The van der Waals surface area contributed by atoms with Crippen molar-refractivity contribution in [3.8, 4) is 0 Å². The van der Waals surface area contributed by atoms with Crippen LogP contribution < -0.4 is 16.5 Å². The van der Waals surface area contributed by atoms with Crippen molar-refractivity contribution in [2.45, 2.75) is 24.9 Å². The van der Waals surface area contributed by atoms with Crippen LogP contribution in [-0.2, 0) is 19.9 Å². The molecular formula is C22H24ClN5O5. The van der Waals surface area contributed by atoms with Gasteiger partial charge in [-0.15, -0.1) is 12.4 Å². The van der Waals surface area contributed by atoms with Crippen LogP contribution >= 0.6 is 12.4 Å². The molecule has 0 spiro atoms. The summed E-state index contributed by atoms with van der Waals surface area (Å²) in [5.74, 6) is 2.80. The highest BCUT2D eigenvalue weighted by Crippen LogP contribution is 2.29. The third-order valence-corrected chi connectivity index (χ3v) is 5.20. The number of amides is 4. The number of urea groups is 1. The fourth-order valence-electron chi connectivity index (χ4n) is 3.52. The molecule has 1 aliphatic rings. The summed E-state index contributed by atoms with van der Waals surface area (Å²) in [4.78, 5) is 50.2. The van der Waals surface area contributed by atoms with E-state index in [-0.39, 0.29) is 18.8 Å². The van der Waals surface area contributed by atoms with Crippen molar-refractivity contribution >= 4 is 42.4 Å². The minimum Gasteiger partial charge on any atom is -0.481 e. The Balaban J connectivity index is 0.00000385. The summed E-state index contributed by atoms with van der Waals surface area (Å²) in [6, 6.07) is 13.8. The lowest BCUT2D eigenvalue weighted by molar-refractivity contribution is -0.138. The van der Waals surface area contributed by atoms with E-state index in [9.17, 15) is 24.3 Å². The first-order chi connectivity index (χ1) is 15.2. The number of carboxylic acid groups (broad SMARTS) is 1. The Hall–Kier alpha value is -3.92. The van der Waals surface area contributed by atoms with E-state index in [1.54, 1.807) is 61.5 Å². The van der Waals surface area contributed by atoms with Gasteiger partial charge >= 0.3 is 12.0 Å². The van der Waals surface area contributed by atoms with Gasteiger partial charge in [-0.3, -0.25) is 19.3 Å². The van der Waals surface area contributed by atoms with E-state index in [2.05, 4.69) is 15.7 Å². The van der Waals surface area contributed by atoms with Gasteiger partial charge in [-0.05, 0) is 23.6 Å². The molecule has 1 heterocycles. The SMILES string of the molecule is C[C@@]1(c2ccc(/C=N/N)cc2)NC(=O)N(CC(=O)N[C@@H](CC(=O)O)c2ccccc2)C1=O.Cl. The number of carbonyl (C=O) groups excluding carboxylic acids is 3. The average Bonchev–Trinajstić information content (AvgIpc) is 2.98. The Morgan fingerprint density at radius 1 is 1.18 bits per heavy atom. The van der Waals surface area contributed by atoms with Crippen molar-refractivity contribution < 1.29 is 24.3 Å². The first-order valence-corrected chi connectivity index (χ1v) is 9.78. The maximum atomic E-state index is 13.0. The Bertz CT molecular complexity index is 1060. The molecule has 11 heteroatoms. The predicted octanol–water partition coefficient (Wildman–Crippen LogP) is 1.50. The number of aliphatic carboxylic acids is 1. The zero-order valence-electron chi connectivity index (χ0n) is 17.7. The molecule has 1 saturated heterocycles. The van der Waals surface area contributed by atoms with Crippen molar-refractivity contribution in [3.05, 3.63) is 71.3 Å². The second-order valence-electron chi connectivity index (χ2n) is 7.48. The molecular weight excluding hydrogens is 450 g/mol. The van der Waals surface area contributed by atoms with Crippen LogP contribution in [0.4, 0.5) is 4.79 Å². The van der Waals surface area contributed by atoms with E-state index >= 15 is 0 Å². The van der Waals surface area contributed by atoms with Crippen molar-refractivity contribution in [1.29, 1.82) is 0 Å². The predicted molar refractivity (Wildman–Crippen MR) is 123 cm³/mol. The van der Waals surface area contributed by atoms with Gasteiger partial charge in [0.05, 0.1) is 18.7 Å². The topological polar surface area (TPSA) is 154 Å². The van der Waals surface area contributed by atoms with Gasteiger partial charge in [-0.2, -0.15) is 5.10 Å². The molecule has 1 fully saturated rings. The van der Waals surface area contributed by atoms with Crippen LogP contribution in [0.15, 0.2) is 59.7 Å². The molecule has 4 amide bonds. The van der Waals surface area contributed by atoms with E-state index in [0.29, 0.717) is 11.1 Å². The number of carboxylic acids is 1. The Kier molecular flexibility index (Phi) is 8.14. The molecule has 0 saturated carbocycles. The van der Waals surface area contributed by atoms with Gasteiger partial charge in [0, 0.05) is 0 Å². The van der Waals surface area contributed by atoms with E-state index in [1.807, 2.05) is 0 Å². The number of halogens is 1. The lowest BCUT2D eigenvalue weighted by atomic mass is 9.91. The van der Waals surface area contributed by atoms with Gasteiger partial charge in [0.1, 0.15) is 12.1 Å². The Morgan fingerprint density at radius 3 is 2.39 bits per heavy atom. The van der Waals surface area contributed by atoms with Crippen LogP contribution in [0.25, 0.3) is 0 Å². The molecule has 2 atom stereocenters. The molecule has 2 aromatic carbocycles. The van der Waals surface area contributed by atoms with E-state index < -0.39 is 41.9 Å². The molecule has 0 radical (unpaired) electrons. The monoisotopic (exact) mass is 473 g/mol. The maximum absolute atomic E-state index is 13.0. The van der Waals surface area contributed by atoms with E-state index in [4.69, 9.17) is 5.84 Å². The molecule has 0 aliphatic carbocycles. The largest absolute Gasteiger partial charge is 0.481 e. The molecule has 1 aliphatic heterocycles. The number of rotatable bonds is 8. The number of hydrogen-bond acceptors (Lipinski definition) is 6. The lowest BCUT2D eigenvalue weighted by Gasteiger charge is -2.23. The molecule has 0 aromatic heterocycles. The highest BCUT2D eigenvalue weighted by Gasteiger charge is 2.49. The van der Waals surface area contributed by atoms with Crippen molar-refractivity contribution in [2.75, 3.05) is 6.54 Å². The summed E-state index contributed by atoms with van der Waals surface area (Å²) in [6.07, 6.45) is 1.10. The van der Waals surface area contributed by atoms with Crippen LogP contribution in [0.3, 0.4) is 0 Å². The molecule has 10 nitrogen and oxygen atoms in total. The molecule has 5 N–H and O–H groups in total. The number of carbonyl (C=O) groups is 4. The van der Waals surface area contributed by atoms with Crippen molar-refractivity contribution in [3.63, 3.8) is 0 Å². The van der Waals surface area contributed by atoms with Crippen molar-refractivity contribution in [2.24, 2.45) is 10.9 Å². The van der Waals surface area contributed by atoms with Gasteiger partial charge in [0.15, 0.2) is 0 Å². The number of hydrogen-bond donors (Lipinski definition) is 4. The maximum Gasteiger partial charge on any atom is 0.325 e. The van der Waals surface area contributed by atoms with Crippen molar-refractivity contribution in [1.82, 2.24) is 15.5 Å². The second-order valence-corrected chi connectivity index (χ2v) is 7.48. The first kappa shape index (κ1) is 25.3. The molecule has 2 aromatic rings. The number of imide groups is 1. The molecule has 174 valence electrons. The molecule has 33 heavy (non-hydrogen) atoms. The number of nitrogens with one attached hydrogen (secondary N) is 2. The number of benzene rings is 2. The zero-order chi connectivity index (χ0) is 23.3. The minimum atomic E-state index is -1.35. The van der Waals surface area contributed by atoms with Crippen LogP contribution in [0.2, 0.25) is 0 Å². The molecule has 0 unspecified atom stereocenters. The Labute approximate surface area is 196 Å². The highest BCUT2D eigenvalue weighted by atomic mass is 35.5. The molecule has 0 bridgehead atoms. The summed E-state index contributed by atoms with van der Waals surface area (Å²) in [5.41, 5.74) is 0.501. The fraction of sp³-hybridized carbons (Fsp3) is 0.227. The number of nitrogens with zero attached hydrogens (tertiary/aromatic N) is 2. The van der Waals surface area contributed by atoms with Crippen LogP contribution in [0.5, 0.6) is 0 Å². The van der Waals surface area contributed by atoms with Crippen LogP contribution in [-0.4, -0.2) is 46.6 Å². The first-order valence-electron chi connectivity index (χ1n) is 9.78. The van der Waals surface area contributed by atoms with E-state index in [1.165, 1.54) is 6.21 Å². The van der Waals surface area contributed by atoms with Crippen LogP contribution in [0, 0.1) is 0 Å². The van der Waals surface area contributed by atoms with Gasteiger partial charge in [0.25, 0.3) is 5.91 Å². The summed E-state index contributed by atoms with van der Waals surface area (Å²) in [5, 5.41) is 17.8. The summed E-state index contributed by atoms with van der Waals surface area (Å²) in [7, 11) is 0. The summed E-state index contributed by atoms with van der Waals surface area (Å²) < 4.78 is 0. The number of hydrazone groups is 1. The van der Waals surface area contributed by atoms with Gasteiger partial charge < -0.3 is 21.6 Å². The quantitative estimate of drug-likeness (QED) is 0.197. The average molecular weight is 474 g/mol. The third kappa shape index (κ3) is 5.66. The normalized spacial score (nSPS) is 18.5. The molecule has 3 rings (SSSR count). The van der Waals surface area contributed by atoms with Crippen LogP contribution in [0.1, 0.15) is 36.1 Å². The van der Waals surface area contributed by atoms with E-state index in [0.717, 1.165) is 10.5 Å². The van der Waals surface area contributed by atoms with Gasteiger partial charge in [-0.25, -0.2) is 4.79 Å². The summed E-state index contributed by atoms with van der Waals surface area (Å²) >= 11 is 0. The standard InChI is InChI=1S/C22H23N5O5.ClH/c1-22(16-9-7-14(8-10-16)12-24-23)20(31)27(21(32)26-22)13-18(28)25-17(11-19(29)30)15-5-3-2-4-6-15;/h2-10,12,17H,11,13,23H2,1H3,(H,25,28)(H,26,32)(H,29,30);1H/b24-12+;/t17-,22-;/m0./s1. The number of nitrogens with two attached hydrogens (primary N) is 1. The Morgan fingerprint density at radius 2 is 1.82 bits per heavy atom. The second kappa shape index (κ2) is 10.6. The minimum absolute atomic E-state index is 0. The highest BCUT2D eigenvalue weighted by molar-refractivity contribution is 6.09. The van der Waals surface area contributed by atoms with Gasteiger partial charge in [-0.1, -0.05) is 54.6 Å². The zero-order valence-corrected chi connectivity index (χ0v) is 18.5. The lowest BCUT2D eigenvalue weighted by Crippen LogP contribution is -2.44.